The molecule has 5 nitrogen and oxygen atoms in total. The Morgan fingerprint density at radius 2 is 0.871 bits per heavy atom. The second kappa shape index (κ2) is 13.4. The van der Waals surface area contributed by atoms with Gasteiger partial charge in [0.05, 0.1) is 16.8 Å². The maximum absolute atomic E-state index is 5.33. The molecule has 13 rings (SSSR count). The first-order chi connectivity index (χ1) is 30.7. The standard InChI is InChI=1S/C57H35N5/c1-2-16-38(17-3-1)53-52(58-51-27-12-13-34-62(51)53)37-28-30-39(31-29-37)54-59-55(61-56(60-54)46-23-14-18-36-15-4-5-19-41(36)46)40-32-33-45-44-22-8-11-26-49(44)57(50(45)35-40)47-24-9-6-20-42(47)43-21-7-10-25-48(43)57/h1-35H. The lowest BCUT2D eigenvalue weighted by atomic mass is 9.70. The summed E-state index contributed by atoms with van der Waals surface area (Å²) in [7, 11) is 0. The van der Waals surface area contributed by atoms with Gasteiger partial charge in [-0.1, -0.05) is 188 Å². The SMILES string of the molecule is c1ccc(-c2c(-c3ccc(-c4nc(-c5ccc6c(c5)C5(c7ccccc7-c7ccccc75)c5ccccc5-6)nc(-c5cccc6ccccc56)n4)cc3)nc3ccccn23)cc1. The van der Waals surface area contributed by atoms with Crippen LogP contribution in [0.15, 0.2) is 212 Å². The summed E-state index contributed by atoms with van der Waals surface area (Å²) in [6, 6.07) is 73.4. The summed E-state index contributed by atoms with van der Waals surface area (Å²) >= 11 is 0. The van der Waals surface area contributed by atoms with Gasteiger partial charge in [0.15, 0.2) is 17.5 Å². The van der Waals surface area contributed by atoms with Crippen LogP contribution in [0.5, 0.6) is 0 Å². The normalized spacial score (nSPS) is 13.0. The van der Waals surface area contributed by atoms with Crippen molar-refractivity contribution in [3.8, 4) is 78.9 Å². The zero-order valence-electron chi connectivity index (χ0n) is 33.4. The third-order valence-electron chi connectivity index (χ3n) is 12.9. The Morgan fingerprint density at radius 3 is 1.60 bits per heavy atom. The van der Waals surface area contributed by atoms with Crippen molar-refractivity contribution in [2.75, 3.05) is 0 Å². The molecule has 0 bridgehead atoms. The van der Waals surface area contributed by atoms with E-state index in [2.05, 4.69) is 199 Å². The molecule has 0 amide bonds. The molecule has 0 N–H and O–H groups in total. The average molecular weight is 790 g/mol. The van der Waals surface area contributed by atoms with E-state index in [4.69, 9.17) is 19.9 Å². The van der Waals surface area contributed by atoms with E-state index in [0.29, 0.717) is 17.5 Å². The van der Waals surface area contributed by atoms with Gasteiger partial charge in [-0.05, 0) is 73.5 Å². The van der Waals surface area contributed by atoms with Crippen LogP contribution in [0.25, 0.3) is 95.4 Å². The van der Waals surface area contributed by atoms with E-state index in [1.54, 1.807) is 0 Å². The average Bonchev–Trinajstić information content (AvgIpc) is 3.98. The molecule has 0 saturated carbocycles. The van der Waals surface area contributed by atoms with E-state index >= 15 is 0 Å². The van der Waals surface area contributed by atoms with E-state index in [-0.39, 0.29) is 0 Å². The first-order valence-corrected chi connectivity index (χ1v) is 21.1. The molecule has 2 aliphatic rings. The summed E-state index contributed by atoms with van der Waals surface area (Å²) in [6.45, 7) is 0. The second-order valence-electron chi connectivity index (χ2n) is 16.2. The largest absolute Gasteiger partial charge is 0.299 e. The molecular formula is C57H35N5. The van der Waals surface area contributed by atoms with Crippen LogP contribution < -0.4 is 0 Å². The van der Waals surface area contributed by atoms with Crippen molar-refractivity contribution in [2.24, 2.45) is 0 Å². The van der Waals surface area contributed by atoms with Crippen LogP contribution in [0.1, 0.15) is 22.3 Å². The first kappa shape index (κ1) is 34.6. The van der Waals surface area contributed by atoms with Crippen molar-refractivity contribution in [3.63, 3.8) is 0 Å². The number of pyridine rings is 1. The Bertz CT molecular complexity index is 3520. The van der Waals surface area contributed by atoms with Crippen molar-refractivity contribution < 1.29 is 0 Å². The van der Waals surface area contributed by atoms with Gasteiger partial charge >= 0.3 is 0 Å². The van der Waals surface area contributed by atoms with Gasteiger partial charge in [0, 0.05) is 34.0 Å². The molecule has 3 aromatic heterocycles. The Hall–Kier alpha value is -8.28. The lowest BCUT2D eigenvalue weighted by Crippen LogP contribution is -2.25. The number of benzene rings is 8. The predicted octanol–water partition coefficient (Wildman–Crippen LogP) is 13.4. The van der Waals surface area contributed by atoms with Crippen molar-refractivity contribution in [3.05, 3.63) is 235 Å². The van der Waals surface area contributed by atoms with E-state index < -0.39 is 5.41 Å². The highest BCUT2D eigenvalue weighted by molar-refractivity contribution is 5.97. The van der Waals surface area contributed by atoms with Gasteiger partial charge in [-0.15, -0.1) is 0 Å². The Labute approximate surface area is 358 Å². The molecule has 3 heterocycles. The molecule has 0 aliphatic heterocycles. The van der Waals surface area contributed by atoms with Crippen LogP contribution >= 0.6 is 0 Å². The Kier molecular flexibility index (Phi) is 7.45. The highest BCUT2D eigenvalue weighted by Crippen LogP contribution is 2.63. The number of nitrogens with zero attached hydrogens (tertiary/aromatic N) is 5. The number of hydrogen-bond acceptors (Lipinski definition) is 4. The summed E-state index contributed by atoms with van der Waals surface area (Å²) < 4.78 is 2.16. The molecule has 5 heteroatoms. The fourth-order valence-corrected chi connectivity index (χ4v) is 10.3. The van der Waals surface area contributed by atoms with Crippen molar-refractivity contribution in [2.45, 2.75) is 5.41 Å². The van der Waals surface area contributed by atoms with Gasteiger partial charge in [-0.2, -0.15) is 0 Å². The fraction of sp³-hybridized carbons (Fsp3) is 0.0175. The first-order valence-electron chi connectivity index (χ1n) is 21.1. The van der Waals surface area contributed by atoms with Gasteiger partial charge in [0.2, 0.25) is 0 Å². The Balaban J connectivity index is 1.00. The molecule has 1 spiro atoms. The minimum absolute atomic E-state index is 0.476. The zero-order valence-corrected chi connectivity index (χ0v) is 33.4. The third kappa shape index (κ3) is 4.96. The molecule has 11 aromatic rings. The Morgan fingerprint density at radius 1 is 0.339 bits per heavy atom. The second-order valence-corrected chi connectivity index (χ2v) is 16.2. The van der Waals surface area contributed by atoms with Crippen LogP contribution in [0.3, 0.4) is 0 Å². The topological polar surface area (TPSA) is 56.0 Å². The molecule has 0 fully saturated rings. The molecule has 0 saturated heterocycles. The van der Waals surface area contributed by atoms with Crippen LogP contribution in [0, 0.1) is 0 Å². The number of aromatic nitrogens is 5. The third-order valence-corrected chi connectivity index (χ3v) is 12.9. The molecule has 0 atom stereocenters. The predicted molar refractivity (Wildman–Crippen MR) is 250 cm³/mol. The van der Waals surface area contributed by atoms with Crippen molar-refractivity contribution in [1.82, 2.24) is 24.3 Å². The molecule has 8 aromatic carbocycles. The minimum atomic E-state index is -0.476. The quantitative estimate of drug-likeness (QED) is 0.174. The molecule has 0 radical (unpaired) electrons. The van der Waals surface area contributed by atoms with Crippen LogP contribution in [-0.2, 0) is 5.41 Å². The smallest absolute Gasteiger partial charge is 0.164 e. The summed E-state index contributed by atoms with van der Waals surface area (Å²) in [6.07, 6.45) is 2.08. The van der Waals surface area contributed by atoms with E-state index in [9.17, 15) is 0 Å². The van der Waals surface area contributed by atoms with Gasteiger partial charge in [0.1, 0.15) is 5.65 Å². The van der Waals surface area contributed by atoms with Gasteiger partial charge in [0.25, 0.3) is 0 Å². The minimum Gasteiger partial charge on any atom is -0.299 e. The van der Waals surface area contributed by atoms with Gasteiger partial charge in [-0.25, -0.2) is 19.9 Å². The van der Waals surface area contributed by atoms with E-state index in [1.807, 2.05) is 18.2 Å². The van der Waals surface area contributed by atoms with Gasteiger partial charge in [-0.3, -0.25) is 4.40 Å². The van der Waals surface area contributed by atoms with Crippen LogP contribution in [0.4, 0.5) is 0 Å². The van der Waals surface area contributed by atoms with Gasteiger partial charge < -0.3 is 0 Å². The highest BCUT2D eigenvalue weighted by atomic mass is 15.0. The zero-order chi connectivity index (χ0) is 40.8. The monoisotopic (exact) mass is 789 g/mol. The molecular weight excluding hydrogens is 755 g/mol. The summed E-state index contributed by atoms with van der Waals surface area (Å²) in [4.78, 5) is 21.0. The number of imidazole rings is 1. The van der Waals surface area contributed by atoms with E-state index in [0.717, 1.165) is 55.6 Å². The molecule has 2 aliphatic carbocycles. The lowest BCUT2D eigenvalue weighted by molar-refractivity contribution is 0.794. The van der Waals surface area contributed by atoms with Crippen molar-refractivity contribution >= 4 is 16.4 Å². The molecule has 0 unspecified atom stereocenters. The fourth-order valence-electron chi connectivity index (χ4n) is 10.3. The molecule has 62 heavy (non-hydrogen) atoms. The maximum Gasteiger partial charge on any atom is 0.164 e. The van der Waals surface area contributed by atoms with Crippen LogP contribution in [-0.4, -0.2) is 24.3 Å². The number of rotatable bonds is 5. The lowest BCUT2D eigenvalue weighted by Gasteiger charge is -2.30. The van der Waals surface area contributed by atoms with Crippen molar-refractivity contribution in [1.29, 1.82) is 0 Å². The highest BCUT2D eigenvalue weighted by Gasteiger charge is 2.51. The summed E-state index contributed by atoms with van der Waals surface area (Å²) in [5.74, 6) is 1.87. The van der Waals surface area contributed by atoms with E-state index in [1.165, 1.54) is 44.5 Å². The molecule has 288 valence electrons. The number of fused-ring (bicyclic) bond motifs is 12. The van der Waals surface area contributed by atoms with Crippen LogP contribution in [0.2, 0.25) is 0 Å². The summed E-state index contributed by atoms with van der Waals surface area (Å²) in [5.41, 5.74) is 17.5. The summed E-state index contributed by atoms with van der Waals surface area (Å²) in [5, 5.41) is 2.23. The number of hydrogen-bond donors (Lipinski definition) is 0. The maximum atomic E-state index is 5.33.